The van der Waals surface area contributed by atoms with Crippen molar-refractivity contribution in [2.24, 2.45) is 15.0 Å². The first kappa shape index (κ1) is 32.0. The molecule has 0 amide bonds. The molecule has 0 N–H and O–H groups in total. The van der Waals surface area contributed by atoms with Crippen LogP contribution >= 0.6 is 0 Å². The Morgan fingerprint density at radius 3 is 1.32 bits per heavy atom. The fourth-order valence-corrected chi connectivity index (χ4v) is 4.88. The molecular formula is C30H40BN3O5Zn. The third kappa shape index (κ3) is 6.67. The van der Waals surface area contributed by atoms with E-state index in [9.17, 15) is 5.26 Å². The molecule has 2 aromatic rings. The van der Waals surface area contributed by atoms with E-state index in [1.165, 1.54) is 0 Å². The van der Waals surface area contributed by atoms with Crippen LogP contribution in [-0.2, 0) is 44.2 Å². The van der Waals surface area contributed by atoms with Gasteiger partial charge in [0.05, 0.1) is 22.2 Å². The average molecular weight is 599 g/mol. The summed E-state index contributed by atoms with van der Waals surface area (Å²) < 4.78 is 18.6. The minimum atomic E-state index is -1.93. The van der Waals surface area contributed by atoms with Crippen LogP contribution in [-0.4, -0.2) is 60.0 Å². The van der Waals surface area contributed by atoms with E-state index in [1.807, 2.05) is 48.5 Å². The summed E-state index contributed by atoms with van der Waals surface area (Å²) in [7, 11) is 0. The number of hydrogen-bond acceptors (Lipinski definition) is 8. The smallest absolute Gasteiger partial charge is 0.723 e. The first-order valence-corrected chi connectivity index (χ1v) is 13.5. The second-order valence-electron chi connectivity index (χ2n) is 12.9. The van der Waals surface area contributed by atoms with Gasteiger partial charge in [-0.15, -0.1) is 0 Å². The van der Waals surface area contributed by atoms with Crippen molar-refractivity contribution in [3.8, 4) is 0 Å². The van der Waals surface area contributed by atoms with Gasteiger partial charge in [-0.25, -0.2) is 0 Å². The van der Waals surface area contributed by atoms with Gasteiger partial charge in [-0.1, -0.05) is 60.7 Å². The number of hydrogen-bond donors (Lipinski definition) is 0. The molecule has 3 aliphatic rings. The third-order valence-electron chi connectivity index (χ3n) is 7.05. The van der Waals surface area contributed by atoms with E-state index in [-0.39, 0.29) is 36.1 Å². The van der Waals surface area contributed by atoms with Crippen molar-refractivity contribution < 1.29 is 43.8 Å². The Balaban J connectivity index is 0.000000311. The van der Waals surface area contributed by atoms with Crippen molar-refractivity contribution in [3.05, 3.63) is 66.2 Å². The van der Waals surface area contributed by atoms with Crippen LogP contribution in [0, 0.1) is 0 Å². The van der Waals surface area contributed by atoms with E-state index in [0.29, 0.717) is 37.2 Å². The normalized spacial score (nSPS) is 20.4. The monoisotopic (exact) mass is 597 g/mol. The number of benzene rings is 2. The maximum absolute atomic E-state index is 10.3. The maximum atomic E-state index is 10.3. The molecule has 8 nitrogen and oxygen atoms in total. The van der Waals surface area contributed by atoms with Crippen molar-refractivity contribution >= 4 is 29.0 Å². The van der Waals surface area contributed by atoms with Crippen LogP contribution in [0.2, 0.25) is 0 Å². The Hall–Kier alpha value is -2.54. The van der Waals surface area contributed by atoms with Crippen LogP contribution in [0.1, 0.15) is 61.0 Å². The summed E-state index contributed by atoms with van der Waals surface area (Å²) in [6.45, 7) is 17.4. The zero-order valence-electron chi connectivity index (χ0n) is 25.1. The van der Waals surface area contributed by atoms with Crippen molar-refractivity contribution in [1.29, 1.82) is 0 Å². The van der Waals surface area contributed by atoms with Crippen LogP contribution in [0.4, 0.5) is 0 Å². The van der Waals surface area contributed by atoms with E-state index >= 15 is 0 Å². The standard InChI is InChI=1S/C21H29BN3O3.C9H12O2.Zn/c1-19(2)12-26-16(23-19)22(15-10-8-7-9-11-15,17-24-20(3,4)13-27-17)18-25-21(5,6)14-28-18;1-9(2,11-10)8-6-4-3-5-7-8;/h7-11H,12-14H2,1-6H3;3-7,10H,1-2H3;/q-1;;+2/p-1. The summed E-state index contributed by atoms with van der Waals surface area (Å²) in [5.74, 6) is 1.80. The van der Waals surface area contributed by atoms with Crippen LogP contribution in [0.15, 0.2) is 75.6 Å². The molecule has 210 valence electrons. The molecule has 10 heteroatoms. The molecular weight excluding hydrogens is 559 g/mol. The molecule has 0 aliphatic carbocycles. The minimum absolute atomic E-state index is 0. The summed E-state index contributed by atoms with van der Waals surface area (Å²) in [5, 5.41) is 10.3. The van der Waals surface area contributed by atoms with E-state index in [1.54, 1.807) is 13.8 Å². The van der Waals surface area contributed by atoms with Crippen LogP contribution in [0.5, 0.6) is 0 Å². The molecule has 0 saturated heterocycles. The zero-order chi connectivity index (χ0) is 28.5. The van der Waals surface area contributed by atoms with Gasteiger partial charge < -0.3 is 24.4 Å². The van der Waals surface area contributed by atoms with E-state index in [0.717, 1.165) is 11.0 Å². The van der Waals surface area contributed by atoms with Crippen LogP contribution < -0.4 is 10.7 Å². The molecule has 40 heavy (non-hydrogen) atoms. The molecule has 0 unspecified atom stereocenters. The molecule has 0 radical (unpaired) electrons. The molecule has 0 fully saturated rings. The maximum Gasteiger partial charge on any atom is 2.00 e. The predicted octanol–water partition coefficient (Wildman–Crippen LogP) is 3.79. The van der Waals surface area contributed by atoms with Crippen molar-refractivity contribution in [2.75, 3.05) is 19.8 Å². The van der Waals surface area contributed by atoms with Crippen molar-refractivity contribution in [2.45, 2.75) is 77.6 Å². The first-order chi connectivity index (χ1) is 18.2. The Morgan fingerprint density at radius 2 is 1.02 bits per heavy atom. The molecule has 0 atom stereocenters. The largest absolute Gasteiger partial charge is 2.00 e. The van der Waals surface area contributed by atoms with Gasteiger partial charge in [0.15, 0.2) is 0 Å². The van der Waals surface area contributed by atoms with Gasteiger partial charge in [-0.05, 0) is 61.0 Å². The zero-order valence-corrected chi connectivity index (χ0v) is 28.0. The topological polar surface area (TPSA) is 97.1 Å². The molecule has 0 saturated carbocycles. The number of aliphatic imine (C=N–C) groups is 3. The van der Waals surface area contributed by atoms with Gasteiger partial charge in [-0.3, -0.25) is 15.0 Å². The number of rotatable bonds is 6. The predicted molar refractivity (Wildman–Crippen MR) is 155 cm³/mol. The van der Waals surface area contributed by atoms with Crippen LogP contribution in [0.25, 0.3) is 0 Å². The van der Waals surface area contributed by atoms with Gasteiger partial charge in [0.2, 0.25) is 0 Å². The van der Waals surface area contributed by atoms with Crippen molar-refractivity contribution in [3.63, 3.8) is 0 Å². The summed E-state index contributed by atoms with van der Waals surface area (Å²) in [4.78, 5) is 18.9. The fourth-order valence-electron chi connectivity index (χ4n) is 4.88. The Morgan fingerprint density at radius 1 is 0.675 bits per heavy atom. The summed E-state index contributed by atoms with van der Waals surface area (Å²) in [6, 6.07) is 19.6. The van der Waals surface area contributed by atoms with Crippen LogP contribution in [0.3, 0.4) is 0 Å². The quantitative estimate of drug-likeness (QED) is 0.286. The van der Waals surface area contributed by atoms with Gasteiger partial charge in [0, 0.05) is 17.4 Å². The molecule has 0 spiro atoms. The molecule has 0 aromatic heterocycles. The third-order valence-corrected chi connectivity index (χ3v) is 7.05. The Kier molecular flexibility index (Phi) is 9.39. The number of ether oxygens (including phenoxy) is 3. The van der Waals surface area contributed by atoms with Gasteiger partial charge in [-0.2, -0.15) is 5.46 Å². The summed E-state index contributed by atoms with van der Waals surface area (Å²) in [6.07, 6.45) is -1.93. The molecule has 2 aromatic carbocycles. The second kappa shape index (κ2) is 11.8. The minimum Gasteiger partial charge on any atom is -0.723 e. The molecule has 0 bridgehead atoms. The van der Waals surface area contributed by atoms with E-state index in [2.05, 4.69) is 58.6 Å². The van der Waals surface area contributed by atoms with E-state index in [4.69, 9.17) is 29.2 Å². The van der Waals surface area contributed by atoms with Gasteiger partial charge in [0.1, 0.15) is 19.8 Å². The summed E-state index contributed by atoms with van der Waals surface area (Å²) in [5.41, 5.74) is 0.213. The average Bonchev–Trinajstić information content (AvgIpc) is 3.57. The fraction of sp³-hybridized carbons (Fsp3) is 0.500. The Bertz CT molecular complexity index is 1180. The SMILES string of the molecule is CC(C)(O[O-])c1ccccc1.CC1(C)COC([B-](C2=NC(C)(C)CO2)(C2=NC(C)(C)CO2)c2ccccc2)=N1.[Zn+2]. The molecule has 3 aliphatic heterocycles. The second-order valence-corrected chi connectivity index (χ2v) is 12.9. The first-order valence-electron chi connectivity index (χ1n) is 13.5. The van der Waals surface area contributed by atoms with Crippen molar-refractivity contribution in [1.82, 2.24) is 0 Å². The molecule has 5 rings (SSSR count). The number of nitrogens with zero attached hydrogens (tertiary/aromatic N) is 3. The van der Waals surface area contributed by atoms with Gasteiger partial charge in [0.25, 0.3) is 6.15 Å². The summed E-state index contributed by atoms with van der Waals surface area (Å²) >= 11 is 0. The Labute approximate surface area is 250 Å². The van der Waals surface area contributed by atoms with E-state index < -0.39 is 11.7 Å². The molecule has 3 heterocycles. The van der Waals surface area contributed by atoms with Gasteiger partial charge >= 0.3 is 19.5 Å².